The summed E-state index contributed by atoms with van der Waals surface area (Å²) < 4.78 is 4.57. The Labute approximate surface area is 97.2 Å². The van der Waals surface area contributed by atoms with Gasteiger partial charge in [-0.2, -0.15) is 5.26 Å². The summed E-state index contributed by atoms with van der Waals surface area (Å²) in [4.78, 5) is 11.4. The molecule has 0 N–H and O–H groups in total. The number of nitriles is 1. The molecule has 15 heavy (non-hydrogen) atoms. The highest BCUT2D eigenvalue weighted by Crippen LogP contribution is 2.23. The summed E-state index contributed by atoms with van der Waals surface area (Å²) in [6.07, 6.45) is 0. The molecule has 0 spiro atoms. The van der Waals surface area contributed by atoms with E-state index in [2.05, 4.69) is 4.74 Å². The van der Waals surface area contributed by atoms with Crippen molar-refractivity contribution in [2.24, 2.45) is 0 Å². The molecule has 0 aromatic heterocycles. The van der Waals surface area contributed by atoms with Crippen molar-refractivity contribution in [3.05, 3.63) is 33.8 Å². The van der Waals surface area contributed by atoms with Crippen LogP contribution in [0, 0.1) is 11.3 Å². The first-order valence-electron chi connectivity index (χ1n) is 4.00. The number of ether oxygens (including phenoxy) is 1. The topological polar surface area (TPSA) is 50.1 Å². The van der Waals surface area contributed by atoms with E-state index in [0.717, 1.165) is 0 Å². The molecule has 1 aromatic rings. The van der Waals surface area contributed by atoms with Crippen LogP contribution >= 0.6 is 23.2 Å². The van der Waals surface area contributed by atoms with Gasteiger partial charge in [0.2, 0.25) is 0 Å². The molecule has 0 bridgehead atoms. The number of carbonyl (C=O) groups is 1. The molecule has 0 radical (unpaired) electrons. The summed E-state index contributed by atoms with van der Waals surface area (Å²) in [5, 5.41) is 9.22. The molecule has 0 amide bonds. The van der Waals surface area contributed by atoms with Crippen molar-refractivity contribution in [2.45, 2.75) is 5.88 Å². The first kappa shape index (κ1) is 11.8. The van der Waals surface area contributed by atoms with Crippen LogP contribution in [0.2, 0.25) is 5.02 Å². The number of carbonyl (C=O) groups excluding carboxylic acids is 1. The predicted molar refractivity (Wildman–Crippen MR) is 57.1 cm³/mol. The van der Waals surface area contributed by atoms with Crippen molar-refractivity contribution in [2.75, 3.05) is 7.11 Å². The van der Waals surface area contributed by atoms with E-state index < -0.39 is 5.97 Å². The zero-order valence-electron chi connectivity index (χ0n) is 7.88. The Balaban J connectivity index is 3.45. The van der Waals surface area contributed by atoms with Crippen molar-refractivity contribution in [1.82, 2.24) is 0 Å². The molecule has 0 aliphatic rings. The maximum Gasteiger partial charge on any atom is 0.339 e. The van der Waals surface area contributed by atoms with Crippen LogP contribution in [0.5, 0.6) is 0 Å². The van der Waals surface area contributed by atoms with Gasteiger partial charge in [-0.05, 0) is 17.7 Å². The van der Waals surface area contributed by atoms with Gasteiger partial charge in [0, 0.05) is 10.9 Å². The Bertz CT molecular complexity index is 438. The highest BCUT2D eigenvalue weighted by Gasteiger charge is 2.17. The lowest BCUT2D eigenvalue weighted by Crippen LogP contribution is -2.08. The number of esters is 1. The summed E-state index contributed by atoms with van der Waals surface area (Å²) >= 11 is 11.4. The van der Waals surface area contributed by atoms with E-state index >= 15 is 0 Å². The summed E-state index contributed by atoms with van der Waals surface area (Å²) in [7, 11) is 1.25. The standard InChI is InChI=1S/C10H7Cl2NO2/c1-15-10(14)9-6(4-11)2-8(12)3-7(9)5-13/h2-3H,4H2,1H3. The van der Waals surface area contributed by atoms with Crippen LogP contribution in [0.15, 0.2) is 12.1 Å². The Hall–Kier alpha value is -1.24. The van der Waals surface area contributed by atoms with Crippen molar-refractivity contribution >= 4 is 29.2 Å². The quantitative estimate of drug-likeness (QED) is 0.593. The van der Waals surface area contributed by atoms with Gasteiger partial charge in [0.15, 0.2) is 0 Å². The molecular weight excluding hydrogens is 237 g/mol. The Morgan fingerprint density at radius 1 is 1.60 bits per heavy atom. The van der Waals surface area contributed by atoms with Crippen LogP contribution in [0.3, 0.4) is 0 Å². The van der Waals surface area contributed by atoms with Crippen LogP contribution in [0.25, 0.3) is 0 Å². The molecule has 1 aromatic carbocycles. The predicted octanol–water partition coefficient (Wildman–Crippen LogP) is 2.74. The van der Waals surface area contributed by atoms with E-state index in [4.69, 9.17) is 28.5 Å². The average Bonchev–Trinajstić information content (AvgIpc) is 2.26. The average molecular weight is 244 g/mol. The molecule has 0 heterocycles. The lowest BCUT2D eigenvalue weighted by atomic mass is 10.0. The van der Waals surface area contributed by atoms with Gasteiger partial charge in [0.1, 0.15) is 6.07 Å². The highest BCUT2D eigenvalue weighted by atomic mass is 35.5. The summed E-state index contributed by atoms with van der Waals surface area (Å²) in [5.41, 5.74) is 0.844. The Morgan fingerprint density at radius 2 is 2.27 bits per heavy atom. The molecule has 3 nitrogen and oxygen atoms in total. The van der Waals surface area contributed by atoms with Gasteiger partial charge in [0.05, 0.1) is 18.2 Å². The molecular formula is C10H7Cl2NO2. The molecule has 5 heteroatoms. The smallest absolute Gasteiger partial charge is 0.339 e. The van der Waals surface area contributed by atoms with Crippen LogP contribution in [-0.4, -0.2) is 13.1 Å². The van der Waals surface area contributed by atoms with Gasteiger partial charge >= 0.3 is 5.97 Å². The largest absolute Gasteiger partial charge is 0.465 e. The fourth-order valence-electron chi connectivity index (χ4n) is 1.20. The zero-order chi connectivity index (χ0) is 11.4. The minimum Gasteiger partial charge on any atom is -0.465 e. The van der Waals surface area contributed by atoms with Gasteiger partial charge in [-0.1, -0.05) is 11.6 Å². The lowest BCUT2D eigenvalue weighted by molar-refractivity contribution is 0.0599. The number of hydrogen-bond acceptors (Lipinski definition) is 3. The first-order chi connectivity index (χ1) is 7.13. The molecule has 0 unspecified atom stereocenters. The van der Waals surface area contributed by atoms with Crippen molar-refractivity contribution < 1.29 is 9.53 Å². The third kappa shape index (κ3) is 2.41. The fourth-order valence-corrected chi connectivity index (χ4v) is 1.65. The number of rotatable bonds is 2. The number of halogens is 2. The van der Waals surface area contributed by atoms with Gasteiger partial charge in [-0.15, -0.1) is 11.6 Å². The van der Waals surface area contributed by atoms with Crippen LogP contribution in [-0.2, 0) is 10.6 Å². The molecule has 0 saturated carbocycles. The second-order valence-corrected chi connectivity index (χ2v) is 3.43. The molecule has 0 fully saturated rings. The minimum atomic E-state index is -0.584. The maximum absolute atomic E-state index is 11.4. The number of hydrogen-bond donors (Lipinski definition) is 0. The zero-order valence-corrected chi connectivity index (χ0v) is 9.39. The van der Waals surface area contributed by atoms with E-state index in [1.54, 1.807) is 6.07 Å². The third-order valence-corrected chi connectivity index (χ3v) is 2.34. The third-order valence-electron chi connectivity index (χ3n) is 1.84. The molecule has 1 rings (SSSR count). The van der Waals surface area contributed by atoms with Gasteiger partial charge in [0.25, 0.3) is 0 Å². The van der Waals surface area contributed by atoms with Crippen molar-refractivity contribution in [3.8, 4) is 6.07 Å². The minimum absolute atomic E-state index is 0.0969. The summed E-state index contributed by atoms with van der Waals surface area (Å²) in [6.45, 7) is 0. The van der Waals surface area contributed by atoms with Crippen LogP contribution in [0.4, 0.5) is 0 Å². The number of benzene rings is 1. The maximum atomic E-state index is 11.4. The van der Waals surface area contributed by atoms with E-state index in [1.165, 1.54) is 13.2 Å². The normalized spacial score (nSPS) is 9.47. The fraction of sp³-hybridized carbons (Fsp3) is 0.200. The second-order valence-electron chi connectivity index (χ2n) is 2.72. The van der Waals surface area contributed by atoms with Crippen LogP contribution in [0.1, 0.15) is 21.5 Å². The Kier molecular flexibility index (Phi) is 3.96. The summed E-state index contributed by atoms with van der Waals surface area (Å²) in [5.74, 6) is -0.487. The number of methoxy groups -OCH3 is 1. The van der Waals surface area contributed by atoms with E-state index in [1.807, 2.05) is 6.07 Å². The molecule has 0 aliphatic carbocycles. The number of alkyl halides is 1. The Morgan fingerprint density at radius 3 is 2.73 bits per heavy atom. The second kappa shape index (κ2) is 5.01. The molecule has 0 saturated heterocycles. The van der Waals surface area contributed by atoms with Crippen molar-refractivity contribution in [1.29, 1.82) is 5.26 Å². The SMILES string of the molecule is COC(=O)c1c(C#N)cc(Cl)cc1CCl. The van der Waals surface area contributed by atoms with Gasteiger partial charge in [-0.25, -0.2) is 4.79 Å². The monoisotopic (exact) mass is 243 g/mol. The molecule has 0 aliphatic heterocycles. The summed E-state index contributed by atoms with van der Waals surface area (Å²) in [6, 6.07) is 4.83. The lowest BCUT2D eigenvalue weighted by Gasteiger charge is -2.07. The van der Waals surface area contributed by atoms with E-state index in [0.29, 0.717) is 10.6 Å². The van der Waals surface area contributed by atoms with E-state index in [9.17, 15) is 4.79 Å². The van der Waals surface area contributed by atoms with Crippen LogP contribution < -0.4 is 0 Å². The van der Waals surface area contributed by atoms with Gasteiger partial charge in [-0.3, -0.25) is 0 Å². The molecule has 78 valence electrons. The first-order valence-corrected chi connectivity index (χ1v) is 4.92. The highest BCUT2D eigenvalue weighted by molar-refractivity contribution is 6.31. The van der Waals surface area contributed by atoms with Gasteiger partial charge < -0.3 is 4.74 Å². The van der Waals surface area contributed by atoms with Crippen molar-refractivity contribution in [3.63, 3.8) is 0 Å². The van der Waals surface area contributed by atoms with E-state index in [-0.39, 0.29) is 17.0 Å². The number of nitrogens with zero attached hydrogens (tertiary/aromatic N) is 1. The molecule has 0 atom stereocenters.